The number of benzene rings is 2. The second-order valence-corrected chi connectivity index (χ2v) is 7.48. The molecule has 0 unspecified atom stereocenters. The van der Waals surface area contributed by atoms with Crippen LogP contribution in [0.1, 0.15) is 43.7 Å². The van der Waals surface area contributed by atoms with E-state index in [1.165, 1.54) is 36.3 Å². The Labute approximate surface area is 155 Å². The Bertz CT molecular complexity index is 763. The number of carbonyl (C=O) groups excluding carboxylic acids is 1. The Morgan fingerprint density at radius 3 is 2.65 bits per heavy atom. The summed E-state index contributed by atoms with van der Waals surface area (Å²) in [5.41, 5.74) is 2.37. The topological polar surface area (TPSA) is 47.6 Å². The highest BCUT2D eigenvalue weighted by Gasteiger charge is 2.19. The minimum Gasteiger partial charge on any atom is -0.490 e. The van der Waals surface area contributed by atoms with E-state index in [0.29, 0.717) is 12.6 Å². The fourth-order valence-electron chi connectivity index (χ4n) is 3.66. The normalized spacial score (nSPS) is 20.1. The van der Waals surface area contributed by atoms with Gasteiger partial charge >= 0.3 is 5.97 Å². The van der Waals surface area contributed by atoms with Crippen molar-refractivity contribution in [1.82, 2.24) is 5.32 Å². The Morgan fingerprint density at radius 2 is 1.92 bits per heavy atom. The molecule has 0 spiro atoms. The van der Waals surface area contributed by atoms with E-state index in [1.54, 1.807) is 0 Å². The van der Waals surface area contributed by atoms with E-state index in [-0.39, 0.29) is 12.5 Å². The summed E-state index contributed by atoms with van der Waals surface area (Å²) in [6.45, 7) is 5.32. The van der Waals surface area contributed by atoms with Crippen LogP contribution in [-0.4, -0.2) is 25.7 Å². The van der Waals surface area contributed by atoms with Crippen LogP contribution in [0.25, 0.3) is 10.8 Å². The van der Waals surface area contributed by atoms with Crippen molar-refractivity contribution in [2.24, 2.45) is 5.92 Å². The molecule has 1 fully saturated rings. The van der Waals surface area contributed by atoms with E-state index in [9.17, 15) is 4.79 Å². The quantitative estimate of drug-likeness (QED) is 0.782. The average Bonchev–Trinajstić information content (AvgIpc) is 2.64. The Hall–Kier alpha value is -2.07. The minimum atomic E-state index is -0.249. The van der Waals surface area contributed by atoms with Crippen LogP contribution >= 0.6 is 0 Å². The molecule has 0 atom stereocenters. The van der Waals surface area contributed by atoms with Crippen molar-refractivity contribution in [1.29, 1.82) is 0 Å². The zero-order valence-electron chi connectivity index (χ0n) is 16.0. The molecule has 0 aromatic heterocycles. The molecule has 1 aliphatic rings. The molecule has 3 rings (SSSR count). The van der Waals surface area contributed by atoms with Crippen LogP contribution in [0.2, 0.25) is 0 Å². The lowest BCUT2D eigenvalue weighted by molar-refractivity contribution is -0.139. The fraction of sp³-hybridized carbons (Fsp3) is 0.500. The van der Waals surface area contributed by atoms with Gasteiger partial charge in [0, 0.05) is 6.54 Å². The number of nitrogens with one attached hydrogen (secondary N) is 1. The highest BCUT2D eigenvalue weighted by Crippen LogP contribution is 2.30. The van der Waals surface area contributed by atoms with E-state index in [4.69, 9.17) is 4.74 Å². The molecule has 0 saturated heterocycles. The van der Waals surface area contributed by atoms with E-state index in [2.05, 4.69) is 54.2 Å². The van der Waals surface area contributed by atoms with Gasteiger partial charge in [-0.2, -0.15) is 0 Å². The molecule has 4 heteroatoms. The summed E-state index contributed by atoms with van der Waals surface area (Å²) < 4.78 is 10.9. The molecule has 1 N–H and O–H groups in total. The van der Waals surface area contributed by atoms with Crippen LogP contribution in [0, 0.1) is 12.8 Å². The van der Waals surface area contributed by atoms with Crippen LogP contribution in [0.5, 0.6) is 5.75 Å². The van der Waals surface area contributed by atoms with Gasteiger partial charge in [0.25, 0.3) is 0 Å². The lowest BCUT2D eigenvalue weighted by atomic mass is 9.89. The van der Waals surface area contributed by atoms with Crippen molar-refractivity contribution < 1.29 is 14.3 Å². The maximum atomic E-state index is 11.2. The molecule has 26 heavy (non-hydrogen) atoms. The minimum absolute atomic E-state index is 0.223. The van der Waals surface area contributed by atoms with Gasteiger partial charge in [0.2, 0.25) is 0 Å². The van der Waals surface area contributed by atoms with Crippen molar-refractivity contribution in [3.8, 4) is 5.75 Å². The van der Waals surface area contributed by atoms with Gasteiger partial charge in [-0.25, -0.2) is 0 Å². The number of fused-ring (bicyclic) bond motifs is 1. The molecule has 0 heterocycles. The summed E-state index contributed by atoms with van der Waals surface area (Å²) in [6, 6.07) is 10.7. The van der Waals surface area contributed by atoms with Gasteiger partial charge in [-0.3, -0.25) is 4.79 Å². The van der Waals surface area contributed by atoms with Crippen molar-refractivity contribution in [2.45, 2.75) is 52.2 Å². The first-order valence-corrected chi connectivity index (χ1v) is 9.52. The second-order valence-electron chi connectivity index (χ2n) is 7.48. The Kier molecular flexibility index (Phi) is 6.15. The van der Waals surface area contributed by atoms with Gasteiger partial charge in [0.1, 0.15) is 5.75 Å². The number of aryl methyl sites for hydroxylation is 1. The van der Waals surface area contributed by atoms with Crippen LogP contribution in [0.3, 0.4) is 0 Å². The molecule has 2 aromatic rings. The first kappa shape index (κ1) is 18.7. The number of hydrogen-bond donors (Lipinski definition) is 1. The molecule has 140 valence electrons. The second kappa shape index (κ2) is 8.54. The molecule has 2 aromatic carbocycles. The largest absolute Gasteiger partial charge is 0.490 e. The highest BCUT2D eigenvalue weighted by molar-refractivity contribution is 5.87. The van der Waals surface area contributed by atoms with Crippen LogP contribution in [0.15, 0.2) is 30.3 Å². The molecule has 0 bridgehead atoms. The van der Waals surface area contributed by atoms with Gasteiger partial charge in [0.05, 0.1) is 19.8 Å². The first-order chi connectivity index (χ1) is 12.5. The maximum absolute atomic E-state index is 11.2. The van der Waals surface area contributed by atoms with Gasteiger partial charge < -0.3 is 14.8 Å². The average molecular weight is 355 g/mol. The number of ether oxygens (including phenoxy) is 2. The van der Waals surface area contributed by atoms with Crippen LogP contribution < -0.4 is 10.1 Å². The molecular formula is C22H29NO3. The molecular weight excluding hydrogens is 326 g/mol. The third kappa shape index (κ3) is 4.76. The Balaban J connectivity index is 1.68. The first-order valence-electron chi connectivity index (χ1n) is 9.52. The summed E-state index contributed by atoms with van der Waals surface area (Å²) in [4.78, 5) is 11.2. The molecule has 1 saturated carbocycles. The summed E-state index contributed by atoms with van der Waals surface area (Å²) in [6.07, 6.45) is 5.19. The zero-order valence-corrected chi connectivity index (χ0v) is 16.0. The van der Waals surface area contributed by atoms with Gasteiger partial charge in [-0.1, -0.05) is 19.1 Å². The third-order valence-corrected chi connectivity index (χ3v) is 5.29. The van der Waals surface area contributed by atoms with Crippen molar-refractivity contribution in [3.05, 3.63) is 41.5 Å². The number of hydrogen-bond acceptors (Lipinski definition) is 4. The van der Waals surface area contributed by atoms with Crippen LogP contribution in [-0.2, 0) is 16.1 Å². The smallest absolute Gasteiger partial charge is 0.319 e. The van der Waals surface area contributed by atoms with Crippen molar-refractivity contribution in [3.63, 3.8) is 0 Å². The predicted molar refractivity (Wildman–Crippen MR) is 104 cm³/mol. The fourth-order valence-corrected chi connectivity index (χ4v) is 3.66. The third-order valence-electron chi connectivity index (χ3n) is 5.29. The number of rotatable bonds is 6. The molecule has 0 aliphatic heterocycles. The molecule has 1 aliphatic carbocycles. The lowest BCUT2D eigenvalue weighted by Crippen LogP contribution is -2.23. The number of methoxy groups -OCH3 is 1. The van der Waals surface area contributed by atoms with Crippen molar-refractivity contribution >= 4 is 16.7 Å². The zero-order chi connectivity index (χ0) is 18.5. The summed E-state index contributed by atoms with van der Waals surface area (Å²) in [5, 5.41) is 5.53. The van der Waals surface area contributed by atoms with Gasteiger partial charge in [-0.05, 0) is 78.6 Å². The summed E-state index contributed by atoms with van der Waals surface area (Å²) in [5.74, 6) is 1.56. The maximum Gasteiger partial charge on any atom is 0.319 e. The van der Waals surface area contributed by atoms with E-state index in [1.807, 2.05) is 0 Å². The van der Waals surface area contributed by atoms with E-state index in [0.717, 1.165) is 30.1 Å². The van der Waals surface area contributed by atoms with E-state index < -0.39 is 0 Å². The Morgan fingerprint density at radius 1 is 1.15 bits per heavy atom. The van der Waals surface area contributed by atoms with E-state index >= 15 is 0 Å². The number of esters is 1. The molecule has 4 nitrogen and oxygen atoms in total. The highest BCUT2D eigenvalue weighted by atomic mass is 16.5. The standard InChI is InChI=1S/C22H29NO3/c1-15-4-8-19(9-5-15)26-20-10-16(2)21-11-17(6-7-18(21)12-20)13-23-14-22(24)25-3/h6-7,10-12,15,19,23H,4-5,8-9,13-14H2,1-3H3. The number of carbonyl (C=O) groups is 1. The lowest BCUT2D eigenvalue weighted by Gasteiger charge is -2.27. The molecule has 0 amide bonds. The van der Waals surface area contributed by atoms with Gasteiger partial charge in [0.15, 0.2) is 0 Å². The SMILES string of the molecule is COC(=O)CNCc1ccc2cc(OC3CCC(C)CC3)cc(C)c2c1. The predicted octanol–water partition coefficient (Wildman–Crippen LogP) is 4.37. The van der Waals surface area contributed by atoms with Gasteiger partial charge in [-0.15, -0.1) is 0 Å². The summed E-state index contributed by atoms with van der Waals surface area (Å²) >= 11 is 0. The monoisotopic (exact) mass is 355 g/mol. The molecule has 0 radical (unpaired) electrons. The van der Waals surface area contributed by atoms with Crippen molar-refractivity contribution in [2.75, 3.05) is 13.7 Å². The summed E-state index contributed by atoms with van der Waals surface area (Å²) in [7, 11) is 1.40. The van der Waals surface area contributed by atoms with Crippen LogP contribution in [0.4, 0.5) is 0 Å².